The number of carbonyl (C=O) groups excluding carboxylic acids is 1. The Morgan fingerprint density at radius 2 is 1.75 bits per heavy atom. The lowest BCUT2D eigenvalue weighted by atomic mass is 10.3. The number of likely N-dealkylation sites (N-methyl/N-ethyl adjacent to an activating group) is 1. The summed E-state index contributed by atoms with van der Waals surface area (Å²) in [5, 5.41) is 0. The van der Waals surface area contributed by atoms with Gasteiger partial charge in [0.25, 0.3) is 0 Å². The van der Waals surface area contributed by atoms with Crippen molar-refractivity contribution in [2.45, 2.75) is 4.90 Å². The van der Waals surface area contributed by atoms with Gasteiger partial charge < -0.3 is 13.8 Å². The number of ether oxygens (including phenoxy) is 1. The second-order valence-corrected chi connectivity index (χ2v) is 6.45. The average Bonchev–Trinajstić information content (AvgIpc) is 2.94. The molecule has 1 fully saturated rings. The molecule has 2 aromatic carbocycles. The molecule has 0 bridgehead atoms. The van der Waals surface area contributed by atoms with E-state index in [2.05, 4.69) is 0 Å². The van der Waals surface area contributed by atoms with Gasteiger partial charge in [0.15, 0.2) is 0 Å². The number of anilines is 1. The highest BCUT2D eigenvalue weighted by Crippen LogP contribution is 2.24. The minimum Gasteiger partial charge on any atom is -0.497 e. The molecule has 0 radical (unpaired) electrons. The Morgan fingerprint density at radius 1 is 1.04 bits per heavy atom. The number of hydrogen-bond donors (Lipinski definition) is 0. The van der Waals surface area contributed by atoms with Gasteiger partial charge >= 0.3 is 6.03 Å². The Labute approximate surface area is 143 Å². The average molecular weight is 346 g/mol. The predicted molar refractivity (Wildman–Crippen MR) is 91.8 cm³/mol. The van der Waals surface area contributed by atoms with Crippen LogP contribution in [0.3, 0.4) is 0 Å². The summed E-state index contributed by atoms with van der Waals surface area (Å²) in [4.78, 5) is 15.9. The molecule has 126 valence electrons. The third-order valence-electron chi connectivity index (χ3n) is 3.77. The van der Waals surface area contributed by atoms with Gasteiger partial charge in [-0.05, 0) is 36.4 Å². The van der Waals surface area contributed by atoms with Gasteiger partial charge in [-0.2, -0.15) is 0 Å². The number of carbonyl (C=O) groups is 1. The van der Waals surface area contributed by atoms with E-state index in [-0.39, 0.29) is 6.03 Å². The Kier molecular flexibility index (Phi) is 4.71. The molecular formula is C17H18N2O4S. The standard InChI is InChI=1S/C17H18N2O4S/c1-18-10-11-19(17(18)20)13-6-8-16(9-7-13)24(21)23-15-5-3-4-14(12-15)22-2/h3-9,12H,10-11H2,1-2H3. The summed E-state index contributed by atoms with van der Waals surface area (Å²) in [6.07, 6.45) is 0. The van der Waals surface area contributed by atoms with Crippen molar-refractivity contribution in [1.29, 1.82) is 0 Å². The summed E-state index contributed by atoms with van der Waals surface area (Å²) in [5.74, 6) is 1.10. The van der Waals surface area contributed by atoms with Crippen LogP contribution in [0.1, 0.15) is 0 Å². The van der Waals surface area contributed by atoms with E-state index in [0.29, 0.717) is 29.5 Å². The highest BCUT2D eigenvalue weighted by Gasteiger charge is 2.26. The lowest BCUT2D eigenvalue weighted by Gasteiger charge is -2.16. The van der Waals surface area contributed by atoms with Crippen molar-refractivity contribution in [2.24, 2.45) is 0 Å². The third-order valence-corrected chi connectivity index (χ3v) is 4.77. The summed E-state index contributed by atoms with van der Waals surface area (Å²) < 4.78 is 22.9. The van der Waals surface area contributed by atoms with Crippen LogP contribution in [0.4, 0.5) is 10.5 Å². The quantitative estimate of drug-likeness (QED) is 0.835. The molecule has 0 aromatic heterocycles. The van der Waals surface area contributed by atoms with Crippen LogP contribution in [0.25, 0.3) is 0 Å². The van der Waals surface area contributed by atoms with E-state index in [1.54, 1.807) is 72.5 Å². The molecule has 2 aromatic rings. The Hall–Kier alpha value is -2.54. The molecule has 24 heavy (non-hydrogen) atoms. The number of methoxy groups -OCH3 is 1. The summed E-state index contributed by atoms with van der Waals surface area (Å²) in [6.45, 7) is 1.35. The maximum absolute atomic E-state index is 12.3. The molecule has 6 nitrogen and oxygen atoms in total. The fourth-order valence-corrected chi connectivity index (χ4v) is 3.15. The van der Waals surface area contributed by atoms with Crippen LogP contribution in [-0.4, -0.2) is 42.4 Å². The van der Waals surface area contributed by atoms with E-state index in [9.17, 15) is 9.00 Å². The van der Waals surface area contributed by atoms with Crippen LogP contribution < -0.4 is 13.8 Å². The normalized spacial score (nSPS) is 15.5. The van der Waals surface area contributed by atoms with Crippen LogP contribution in [0, 0.1) is 0 Å². The van der Waals surface area contributed by atoms with Gasteiger partial charge in [0, 0.05) is 31.9 Å². The lowest BCUT2D eigenvalue weighted by Crippen LogP contribution is -2.29. The first-order valence-corrected chi connectivity index (χ1v) is 8.53. The summed E-state index contributed by atoms with van der Waals surface area (Å²) >= 11 is -1.64. The molecular weight excluding hydrogens is 328 g/mol. The molecule has 0 spiro atoms. The Balaban J connectivity index is 1.71. The molecule has 0 N–H and O–H groups in total. The minimum absolute atomic E-state index is 0.0310. The first-order valence-electron chi connectivity index (χ1n) is 7.45. The summed E-state index contributed by atoms with van der Waals surface area (Å²) in [7, 11) is 3.33. The van der Waals surface area contributed by atoms with Gasteiger partial charge in [0.05, 0.1) is 12.0 Å². The van der Waals surface area contributed by atoms with Gasteiger partial charge in [-0.3, -0.25) is 4.90 Å². The van der Waals surface area contributed by atoms with Crippen molar-refractivity contribution in [3.63, 3.8) is 0 Å². The molecule has 1 heterocycles. The number of nitrogens with zero attached hydrogens (tertiary/aromatic N) is 2. The number of amides is 2. The zero-order valence-electron chi connectivity index (χ0n) is 13.5. The number of urea groups is 1. The maximum atomic E-state index is 12.3. The summed E-state index contributed by atoms with van der Waals surface area (Å²) in [5.41, 5.74) is 0.784. The fourth-order valence-electron chi connectivity index (χ4n) is 2.41. The number of rotatable bonds is 5. The maximum Gasteiger partial charge on any atom is 0.324 e. The van der Waals surface area contributed by atoms with E-state index >= 15 is 0 Å². The van der Waals surface area contributed by atoms with Crippen molar-refractivity contribution in [1.82, 2.24) is 4.90 Å². The molecule has 2 amide bonds. The number of benzene rings is 2. The van der Waals surface area contributed by atoms with Gasteiger partial charge in [-0.25, -0.2) is 9.00 Å². The molecule has 3 rings (SSSR count). The van der Waals surface area contributed by atoms with Gasteiger partial charge in [0.1, 0.15) is 11.5 Å². The molecule has 0 saturated carbocycles. The smallest absolute Gasteiger partial charge is 0.324 e. The van der Waals surface area contributed by atoms with E-state index in [1.807, 2.05) is 0 Å². The minimum atomic E-state index is -1.64. The van der Waals surface area contributed by atoms with E-state index in [1.165, 1.54) is 0 Å². The van der Waals surface area contributed by atoms with Crippen molar-refractivity contribution in [2.75, 3.05) is 32.1 Å². The molecule has 1 atom stereocenters. The molecule has 0 aliphatic carbocycles. The monoisotopic (exact) mass is 346 g/mol. The van der Waals surface area contributed by atoms with Crippen molar-refractivity contribution in [3.05, 3.63) is 48.5 Å². The zero-order chi connectivity index (χ0) is 17.1. The summed E-state index contributed by atoms with van der Waals surface area (Å²) in [6, 6.07) is 13.9. The van der Waals surface area contributed by atoms with Crippen LogP contribution >= 0.6 is 0 Å². The first-order chi connectivity index (χ1) is 11.6. The van der Waals surface area contributed by atoms with Gasteiger partial charge in [-0.15, -0.1) is 0 Å². The number of hydrogen-bond acceptors (Lipinski definition) is 4. The molecule has 1 unspecified atom stereocenters. The first kappa shape index (κ1) is 16.3. The molecule has 1 saturated heterocycles. The van der Waals surface area contributed by atoms with Crippen LogP contribution in [0.15, 0.2) is 53.4 Å². The van der Waals surface area contributed by atoms with Crippen molar-refractivity contribution >= 4 is 22.8 Å². The third kappa shape index (κ3) is 3.35. The van der Waals surface area contributed by atoms with Crippen LogP contribution in [0.2, 0.25) is 0 Å². The van der Waals surface area contributed by atoms with E-state index in [0.717, 1.165) is 5.69 Å². The predicted octanol–water partition coefficient (Wildman–Crippen LogP) is 2.67. The lowest BCUT2D eigenvalue weighted by molar-refractivity contribution is 0.229. The fraction of sp³-hybridized carbons (Fsp3) is 0.235. The largest absolute Gasteiger partial charge is 0.497 e. The molecule has 1 aliphatic heterocycles. The second-order valence-electron chi connectivity index (χ2n) is 5.35. The highest BCUT2D eigenvalue weighted by atomic mass is 32.2. The SMILES string of the molecule is COc1cccc(OS(=O)c2ccc(N3CCN(C)C3=O)cc2)c1. The Morgan fingerprint density at radius 3 is 2.38 bits per heavy atom. The zero-order valence-corrected chi connectivity index (χ0v) is 14.3. The highest BCUT2D eigenvalue weighted by molar-refractivity contribution is 7.80. The van der Waals surface area contributed by atoms with Crippen molar-refractivity contribution < 1.29 is 17.9 Å². The second kappa shape index (κ2) is 6.92. The van der Waals surface area contributed by atoms with Crippen LogP contribution in [0.5, 0.6) is 11.5 Å². The van der Waals surface area contributed by atoms with Crippen molar-refractivity contribution in [3.8, 4) is 11.5 Å². The van der Waals surface area contributed by atoms with E-state index < -0.39 is 11.1 Å². The topological polar surface area (TPSA) is 59.1 Å². The van der Waals surface area contributed by atoms with E-state index in [4.69, 9.17) is 8.92 Å². The van der Waals surface area contributed by atoms with Crippen LogP contribution in [-0.2, 0) is 11.1 Å². The van der Waals surface area contributed by atoms with Gasteiger partial charge in [0.2, 0.25) is 11.1 Å². The Bertz CT molecular complexity index is 763. The molecule has 7 heteroatoms. The van der Waals surface area contributed by atoms with Gasteiger partial charge in [-0.1, -0.05) is 6.07 Å². The molecule has 1 aliphatic rings.